The van der Waals surface area contributed by atoms with Crippen LogP contribution in [0.25, 0.3) is 75.9 Å². The molecular formula is C113H155N12S+3. The molecule has 670 valence electrons. The predicted molar refractivity (Wildman–Crippen MR) is 543 cm³/mol. The first kappa shape index (κ1) is 99.5. The van der Waals surface area contributed by atoms with Crippen LogP contribution in [-0.2, 0) is 21.1 Å². The van der Waals surface area contributed by atoms with Gasteiger partial charge in [0.1, 0.15) is 35.9 Å². The summed E-state index contributed by atoms with van der Waals surface area (Å²) in [6.45, 7) is 70.8. The number of aromatic nitrogens is 12. The summed E-state index contributed by atoms with van der Waals surface area (Å²) in [5.41, 5.74) is 25.5. The zero-order valence-electron chi connectivity index (χ0n) is 83.6. The van der Waals surface area contributed by atoms with Crippen LogP contribution >= 0.6 is 11.3 Å². The van der Waals surface area contributed by atoms with Crippen LogP contribution in [0.3, 0.4) is 0 Å². The van der Waals surface area contributed by atoms with Crippen molar-refractivity contribution in [2.45, 2.75) is 316 Å². The summed E-state index contributed by atoms with van der Waals surface area (Å²) >= 11 is 1.83. The third kappa shape index (κ3) is 25.6. The fraction of sp³-hybridized carbons (Fsp3) is 0.451. The molecule has 126 heavy (non-hydrogen) atoms. The molecule has 0 saturated carbocycles. The summed E-state index contributed by atoms with van der Waals surface area (Å²) < 4.78 is 14.7. The van der Waals surface area contributed by atoms with Gasteiger partial charge in [-0.3, -0.25) is 9.97 Å². The minimum atomic E-state index is 0.458. The molecule has 16 rings (SSSR count). The summed E-state index contributed by atoms with van der Waals surface area (Å²) in [6.07, 6.45) is 15.1. The van der Waals surface area contributed by atoms with E-state index in [-0.39, 0.29) is 0 Å². The highest BCUT2D eigenvalue weighted by atomic mass is 32.1. The van der Waals surface area contributed by atoms with E-state index in [2.05, 4.69) is 495 Å². The lowest BCUT2D eigenvalue weighted by molar-refractivity contribution is -0.787. The van der Waals surface area contributed by atoms with Crippen LogP contribution in [-0.4, -0.2) is 43.6 Å². The van der Waals surface area contributed by atoms with E-state index in [1.165, 1.54) is 120 Å². The fourth-order valence-corrected chi connectivity index (χ4v) is 16.6. The first-order valence-corrected chi connectivity index (χ1v) is 47.8. The number of benzene rings is 6. The van der Waals surface area contributed by atoms with E-state index in [4.69, 9.17) is 0 Å². The summed E-state index contributed by atoms with van der Waals surface area (Å²) in [5, 5.41) is 9.17. The normalized spacial score (nSPS) is 11.8. The Morgan fingerprint density at radius 2 is 0.865 bits per heavy atom. The zero-order valence-corrected chi connectivity index (χ0v) is 84.4. The molecule has 0 bridgehead atoms. The van der Waals surface area contributed by atoms with E-state index in [0.29, 0.717) is 94.8 Å². The summed E-state index contributed by atoms with van der Waals surface area (Å²) in [5.74, 6) is 9.31. The minimum Gasteiger partial charge on any atom is -0.342 e. The molecule has 0 atom stereocenters. The second kappa shape index (κ2) is 44.5. The minimum absolute atomic E-state index is 0.458. The standard InChI is InChI=1S/C16H22N.2C15H19N.2C14H21N2.2C13H18N2.C13H17NS/c1-11(2)13-6-7-15-14(10-13)8-9-17(5)16(15)12(3)4;1-10(2)12-5-8-15-13(9-12)6-7-14(16-15)11(3)4;1-10(2)12-5-6-14-13(9-12)7-8-16-15(14)11(3)4;1-10(2)12-6-7-14-15(5)13(11(3)4)9-16(14)8-12;1-10(2)12-6-7-14-13(8-12)9-16(11(3)4)15(14)5;1-9(2)11-5-6-13-14-12(10(3)4)8-15(13)7-11;2*1-8(2)10-5-6-11-12(7-10)15-13(14-11)9(3)4/h6-12H,1-5H3;2*5-11H,1-4H3;2*6-11H,1-5H3;5-10H,1-4H3;5-9H,1-4H3,(H,14,15);5-9H,1-4H3/q+1;;;2*+1;;;. The Labute approximate surface area is 761 Å². The van der Waals surface area contributed by atoms with Gasteiger partial charge in [-0.15, -0.1) is 16.0 Å². The molecule has 16 aromatic rings. The Balaban J connectivity index is 0.000000163. The highest BCUT2D eigenvalue weighted by molar-refractivity contribution is 7.18. The van der Waals surface area contributed by atoms with Gasteiger partial charge in [-0.2, -0.15) is 4.68 Å². The number of H-pyrrole nitrogens is 1. The number of aromatic amines is 1. The Morgan fingerprint density at radius 1 is 0.357 bits per heavy atom. The highest BCUT2D eigenvalue weighted by Crippen LogP contribution is 2.33. The van der Waals surface area contributed by atoms with Gasteiger partial charge in [-0.1, -0.05) is 274 Å². The van der Waals surface area contributed by atoms with Gasteiger partial charge in [0, 0.05) is 76.2 Å². The van der Waals surface area contributed by atoms with Crippen LogP contribution in [0.2, 0.25) is 0 Å². The van der Waals surface area contributed by atoms with Crippen molar-refractivity contribution < 1.29 is 13.6 Å². The number of thiazole rings is 1. The maximum atomic E-state index is 4.68. The average Bonchev–Trinajstić information content (AvgIpc) is 1.05. The van der Waals surface area contributed by atoms with Crippen molar-refractivity contribution in [3.8, 4) is 0 Å². The molecule has 0 amide bonds. The molecule has 13 heteroatoms. The first-order chi connectivity index (χ1) is 59.4. The third-order valence-electron chi connectivity index (χ3n) is 24.0. The van der Waals surface area contributed by atoms with Gasteiger partial charge >= 0.3 is 0 Å². The fourth-order valence-electron chi connectivity index (χ4n) is 15.6. The number of aryl methyl sites for hydroxylation is 3. The maximum absolute atomic E-state index is 4.68. The van der Waals surface area contributed by atoms with E-state index >= 15 is 0 Å². The van der Waals surface area contributed by atoms with Gasteiger partial charge in [0.15, 0.2) is 17.9 Å². The van der Waals surface area contributed by atoms with Crippen molar-refractivity contribution in [2.24, 2.45) is 21.1 Å². The van der Waals surface area contributed by atoms with E-state index < -0.39 is 0 Å². The largest absolute Gasteiger partial charge is 0.342 e. The molecule has 12 nitrogen and oxygen atoms in total. The van der Waals surface area contributed by atoms with Gasteiger partial charge in [0.2, 0.25) is 6.20 Å². The molecule has 10 heterocycles. The lowest BCUT2D eigenvalue weighted by atomic mass is 9.96. The number of nitrogens with one attached hydrogen (secondary N) is 1. The summed E-state index contributed by atoms with van der Waals surface area (Å²) in [4.78, 5) is 26.3. The second-order valence-corrected chi connectivity index (χ2v) is 40.8. The summed E-state index contributed by atoms with van der Waals surface area (Å²) in [6, 6.07) is 57.9. The van der Waals surface area contributed by atoms with Crippen LogP contribution in [0.1, 0.15) is 400 Å². The van der Waals surface area contributed by atoms with E-state index in [1.807, 2.05) is 17.5 Å². The van der Waals surface area contributed by atoms with Gasteiger partial charge in [-0.05, 0) is 213 Å². The van der Waals surface area contributed by atoms with Crippen LogP contribution in [0.5, 0.6) is 0 Å². The number of pyridine rings is 5. The van der Waals surface area contributed by atoms with E-state index in [0.717, 1.165) is 39.2 Å². The molecule has 6 aromatic carbocycles. The van der Waals surface area contributed by atoms with Crippen molar-refractivity contribution in [1.82, 2.24) is 43.6 Å². The molecule has 0 fully saturated rings. The van der Waals surface area contributed by atoms with Crippen molar-refractivity contribution in [1.29, 1.82) is 0 Å². The lowest BCUT2D eigenvalue weighted by Crippen LogP contribution is -2.43. The SMILES string of the molecule is CC(C)c1ccc2c(C(C)C)[n+](C)ccc2c1.CC(C)c1ccc2c(C(C)C)nccc2c1.CC(C)c1ccc2c(c1)c[n+](C(C)C)n2C.CC(C)c1ccc2n(C)c(C(C)C)c[n+]2c1.CC(C)c1ccc2nc(C(C)C)[nH]c2c1.CC(C)c1ccc2nc(C(C)C)ccc2c1.CC(C)c1ccc2nc(C(C)C)cn2c1.CC(C)c1ccc2nc(C(C)C)sc2c1. The number of hydrogen-bond acceptors (Lipinski definition) is 6. The van der Waals surface area contributed by atoms with Crippen molar-refractivity contribution in [3.05, 3.63) is 285 Å². The van der Waals surface area contributed by atoms with Crippen molar-refractivity contribution in [3.63, 3.8) is 0 Å². The number of nitrogens with zero attached hydrogens (tertiary/aromatic N) is 11. The van der Waals surface area contributed by atoms with Crippen LogP contribution in [0, 0.1) is 0 Å². The number of imidazole rings is 3. The Bertz CT molecular complexity index is 5840. The summed E-state index contributed by atoms with van der Waals surface area (Å²) in [7, 11) is 6.39. The molecule has 0 aliphatic heterocycles. The first-order valence-electron chi connectivity index (χ1n) is 47.0. The maximum Gasteiger partial charge on any atom is 0.286 e. The Morgan fingerprint density at radius 3 is 1.40 bits per heavy atom. The van der Waals surface area contributed by atoms with Gasteiger partial charge in [0.25, 0.3) is 5.65 Å². The third-order valence-corrected chi connectivity index (χ3v) is 25.3. The van der Waals surface area contributed by atoms with Gasteiger partial charge < -0.3 is 9.38 Å². The topological polar surface area (TPSA) is 106 Å². The number of hydrogen-bond donors (Lipinski definition) is 1. The molecular weight excluding hydrogens is 1560 g/mol. The molecule has 0 radical (unpaired) electrons. The van der Waals surface area contributed by atoms with Crippen LogP contribution in [0.15, 0.2) is 201 Å². The second-order valence-electron chi connectivity index (χ2n) is 39.7. The Hall–Kier alpha value is -10.2. The zero-order chi connectivity index (χ0) is 92.7. The monoisotopic (exact) mass is 1710 g/mol. The molecule has 0 aliphatic rings. The number of rotatable bonds is 16. The van der Waals surface area contributed by atoms with Gasteiger partial charge in [-0.25, -0.2) is 28.5 Å². The molecule has 10 aromatic heterocycles. The van der Waals surface area contributed by atoms with Crippen molar-refractivity contribution in [2.75, 3.05) is 0 Å². The molecule has 0 spiro atoms. The average molecular weight is 1710 g/mol. The van der Waals surface area contributed by atoms with Crippen LogP contribution in [0.4, 0.5) is 0 Å². The lowest BCUT2D eigenvalue weighted by Gasteiger charge is -2.11. The van der Waals surface area contributed by atoms with Gasteiger partial charge in [0.05, 0.1) is 68.8 Å². The molecule has 0 saturated heterocycles. The molecule has 0 aliphatic carbocycles. The van der Waals surface area contributed by atoms with Crippen LogP contribution < -0.4 is 13.6 Å². The van der Waals surface area contributed by atoms with E-state index in [1.54, 1.807) is 0 Å². The molecule has 0 unspecified atom stereocenters. The predicted octanol–water partition coefficient (Wildman–Crippen LogP) is 31.0. The van der Waals surface area contributed by atoms with E-state index in [9.17, 15) is 0 Å². The smallest absolute Gasteiger partial charge is 0.286 e. The quantitative estimate of drug-likeness (QED) is 0.0970. The Kier molecular flexibility index (Phi) is 35.1. The molecule has 1 N–H and O–H groups in total. The number of fused-ring (bicyclic) bond motifs is 8. The highest BCUT2D eigenvalue weighted by Gasteiger charge is 2.22. The van der Waals surface area contributed by atoms with Crippen molar-refractivity contribution >= 4 is 87.2 Å².